The van der Waals surface area contributed by atoms with Crippen LogP contribution in [0.15, 0.2) is 42.5 Å². The summed E-state index contributed by atoms with van der Waals surface area (Å²) in [6, 6.07) is 14.4. The lowest BCUT2D eigenvalue weighted by molar-refractivity contribution is -0.137. The maximum atomic E-state index is 13.1. The van der Waals surface area contributed by atoms with Gasteiger partial charge in [0.1, 0.15) is 0 Å². The van der Waals surface area contributed by atoms with Crippen LogP contribution in [0.25, 0.3) is 0 Å². The Balaban J connectivity index is 1.30. The zero-order valence-electron chi connectivity index (χ0n) is 17.2. The number of hydrogen-bond acceptors (Lipinski definition) is 5. The van der Waals surface area contributed by atoms with Crippen LogP contribution in [0.3, 0.4) is 0 Å². The molecule has 29 heavy (non-hydrogen) atoms. The normalized spacial score (nSPS) is 20.5. The van der Waals surface area contributed by atoms with Crippen molar-refractivity contribution in [3.05, 3.63) is 48.0 Å². The fourth-order valence-electron chi connectivity index (χ4n) is 4.54. The molecule has 2 fully saturated rings. The first-order chi connectivity index (χ1) is 14.2. The van der Waals surface area contributed by atoms with E-state index in [1.54, 1.807) is 7.11 Å². The molecule has 0 bridgehead atoms. The van der Waals surface area contributed by atoms with E-state index in [1.807, 2.05) is 12.1 Å². The molecule has 6 nitrogen and oxygen atoms in total. The molecule has 3 heterocycles. The van der Waals surface area contributed by atoms with Crippen molar-refractivity contribution < 1.29 is 9.53 Å². The van der Waals surface area contributed by atoms with Crippen LogP contribution in [-0.4, -0.2) is 54.3 Å². The number of piperidine rings is 2. The highest BCUT2D eigenvalue weighted by Gasteiger charge is 2.32. The van der Waals surface area contributed by atoms with Crippen LogP contribution in [0.1, 0.15) is 31.2 Å². The molecule has 1 aromatic carbocycles. The Labute approximate surface area is 172 Å². The van der Waals surface area contributed by atoms with Crippen LogP contribution in [0, 0.1) is 11.8 Å². The number of aromatic nitrogens is 2. The third kappa shape index (κ3) is 4.86. The highest BCUT2D eigenvalue weighted by atomic mass is 16.5. The van der Waals surface area contributed by atoms with Gasteiger partial charge in [0.15, 0.2) is 5.82 Å². The molecule has 1 aromatic heterocycles. The third-order valence-corrected chi connectivity index (χ3v) is 6.22. The summed E-state index contributed by atoms with van der Waals surface area (Å²) in [7, 11) is 1.59. The number of carbonyl (C=O) groups excluding carboxylic acids is 1. The maximum absolute atomic E-state index is 13.1. The van der Waals surface area contributed by atoms with E-state index in [-0.39, 0.29) is 5.92 Å². The van der Waals surface area contributed by atoms with E-state index >= 15 is 0 Å². The van der Waals surface area contributed by atoms with Gasteiger partial charge in [-0.05, 0) is 49.7 Å². The predicted octanol–water partition coefficient (Wildman–Crippen LogP) is 3.18. The molecule has 0 saturated carbocycles. The summed E-state index contributed by atoms with van der Waals surface area (Å²) in [6.45, 7) is 3.41. The van der Waals surface area contributed by atoms with Gasteiger partial charge in [-0.1, -0.05) is 30.3 Å². The van der Waals surface area contributed by atoms with Gasteiger partial charge in [-0.3, -0.25) is 4.79 Å². The summed E-state index contributed by atoms with van der Waals surface area (Å²) >= 11 is 0. The molecule has 1 amide bonds. The summed E-state index contributed by atoms with van der Waals surface area (Å²) < 4.78 is 5.09. The molecule has 6 heteroatoms. The fourth-order valence-corrected chi connectivity index (χ4v) is 4.54. The number of hydrogen-bond donors (Lipinski definition) is 0. The summed E-state index contributed by atoms with van der Waals surface area (Å²) in [5.41, 5.74) is 1.40. The number of amides is 1. The molecule has 2 saturated heterocycles. The van der Waals surface area contributed by atoms with Gasteiger partial charge in [-0.2, -0.15) is 0 Å². The molecule has 0 aliphatic carbocycles. The summed E-state index contributed by atoms with van der Waals surface area (Å²) in [4.78, 5) is 17.4. The van der Waals surface area contributed by atoms with Crippen molar-refractivity contribution in [2.75, 3.05) is 38.2 Å². The van der Waals surface area contributed by atoms with Gasteiger partial charge in [0.25, 0.3) is 0 Å². The van der Waals surface area contributed by atoms with Crippen molar-refractivity contribution in [1.29, 1.82) is 0 Å². The Morgan fingerprint density at radius 2 is 1.83 bits per heavy atom. The number of ether oxygens (including phenoxy) is 1. The second-order valence-electron chi connectivity index (χ2n) is 8.18. The zero-order chi connectivity index (χ0) is 20.1. The smallest absolute Gasteiger partial charge is 0.233 e. The maximum Gasteiger partial charge on any atom is 0.233 e. The van der Waals surface area contributed by atoms with Gasteiger partial charge in [0, 0.05) is 32.2 Å². The molecule has 0 spiro atoms. The van der Waals surface area contributed by atoms with Gasteiger partial charge in [0.2, 0.25) is 11.8 Å². The first-order valence-corrected chi connectivity index (χ1v) is 10.7. The summed E-state index contributed by atoms with van der Waals surface area (Å²) in [5.74, 6) is 2.38. The zero-order valence-corrected chi connectivity index (χ0v) is 17.2. The molecule has 0 radical (unpaired) electrons. The van der Waals surface area contributed by atoms with E-state index < -0.39 is 0 Å². The quantitative estimate of drug-likeness (QED) is 0.780. The number of nitrogens with zero attached hydrogens (tertiary/aromatic N) is 4. The SMILES string of the molecule is COc1ccc(N2CCC[C@H](C(=O)N3CCC(Cc4ccccc4)CC3)C2)nn1. The minimum absolute atomic E-state index is 0.0540. The van der Waals surface area contributed by atoms with Crippen LogP contribution >= 0.6 is 0 Å². The highest BCUT2D eigenvalue weighted by Crippen LogP contribution is 2.27. The van der Waals surface area contributed by atoms with Gasteiger partial charge in [-0.15, -0.1) is 10.2 Å². The molecule has 2 aromatic rings. The largest absolute Gasteiger partial charge is 0.480 e. The molecule has 154 valence electrons. The van der Waals surface area contributed by atoms with Crippen LogP contribution in [0.5, 0.6) is 5.88 Å². The van der Waals surface area contributed by atoms with Crippen molar-refractivity contribution in [3.8, 4) is 5.88 Å². The lowest BCUT2D eigenvalue weighted by Gasteiger charge is -2.38. The second kappa shape index (κ2) is 9.25. The fraction of sp³-hybridized carbons (Fsp3) is 0.522. The molecule has 0 N–H and O–H groups in total. The number of benzene rings is 1. The van der Waals surface area contributed by atoms with E-state index in [0.717, 1.165) is 64.1 Å². The molecular formula is C23H30N4O2. The van der Waals surface area contributed by atoms with E-state index in [2.05, 4.69) is 50.3 Å². The van der Waals surface area contributed by atoms with Crippen LogP contribution in [0.2, 0.25) is 0 Å². The average molecular weight is 395 g/mol. The van der Waals surface area contributed by atoms with Crippen molar-refractivity contribution >= 4 is 11.7 Å². The molecule has 0 unspecified atom stereocenters. The van der Waals surface area contributed by atoms with E-state index in [1.165, 1.54) is 5.56 Å². The first kappa shape index (κ1) is 19.7. The van der Waals surface area contributed by atoms with Crippen LogP contribution in [0.4, 0.5) is 5.82 Å². The number of likely N-dealkylation sites (tertiary alicyclic amines) is 1. The number of carbonyl (C=O) groups is 1. The van der Waals surface area contributed by atoms with Gasteiger partial charge >= 0.3 is 0 Å². The molecular weight excluding hydrogens is 364 g/mol. The monoisotopic (exact) mass is 394 g/mol. The van der Waals surface area contributed by atoms with E-state index in [0.29, 0.717) is 17.7 Å². The second-order valence-corrected chi connectivity index (χ2v) is 8.18. The van der Waals surface area contributed by atoms with Crippen molar-refractivity contribution in [3.63, 3.8) is 0 Å². The Morgan fingerprint density at radius 1 is 1.03 bits per heavy atom. The minimum atomic E-state index is 0.0540. The summed E-state index contributed by atoms with van der Waals surface area (Å²) in [6.07, 6.45) is 5.29. The standard InChI is InChI=1S/C23H30N4O2/c1-29-22-10-9-21(24-25-22)27-13-5-8-20(17-27)23(28)26-14-11-19(12-15-26)16-18-6-3-2-4-7-18/h2-4,6-7,9-10,19-20H,5,8,11-17H2,1H3/t20-/m0/s1. The Bertz CT molecular complexity index is 788. The first-order valence-electron chi connectivity index (χ1n) is 10.7. The Morgan fingerprint density at radius 3 is 2.52 bits per heavy atom. The van der Waals surface area contributed by atoms with Gasteiger partial charge in [0.05, 0.1) is 13.0 Å². The Hall–Kier alpha value is -2.63. The number of rotatable bonds is 5. The van der Waals surface area contributed by atoms with Crippen LogP contribution in [-0.2, 0) is 11.2 Å². The molecule has 1 atom stereocenters. The predicted molar refractivity (Wildman–Crippen MR) is 113 cm³/mol. The minimum Gasteiger partial charge on any atom is -0.480 e. The lowest BCUT2D eigenvalue weighted by atomic mass is 9.89. The van der Waals surface area contributed by atoms with E-state index in [4.69, 9.17) is 4.74 Å². The number of anilines is 1. The molecule has 2 aliphatic heterocycles. The van der Waals surface area contributed by atoms with Crippen molar-refractivity contribution in [2.45, 2.75) is 32.1 Å². The lowest BCUT2D eigenvalue weighted by Crippen LogP contribution is -2.47. The van der Waals surface area contributed by atoms with Crippen molar-refractivity contribution in [2.24, 2.45) is 11.8 Å². The highest BCUT2D eigenvalue weighted by molar-refractivity contribution is 5.79. The summed E-state index contributed by atoms with van der Waals surface area (Å²) in [5, 5.41) is 8.32. The molecule has 4 rings (SSSR count). The van der Waals surface area contributed by atoms with Crippen LogP contribution < -0.4 is 9.64 Å². The average Bonchev–Trinajstić information content (AvgIpc) is 2.80. The third-order valence-electron chi connectivity index (χ3n) is 6.22. The Kier molecular flexibility index (Phi) is 6.27. The number of methoxy groups -OCH3 is 1. The van der Waals surface area contributed by atoms with Gasteiger partial charge in [-0.25, -0.2) is 0 Å². The van der Waals surface area contributed by atoms with Gasteiger partial charge < -0.3 is 14.5 Å². The van der Waals surface area contributed by atoms with E-state index in [9.17, 15) is 4.79 Å². The van der Waals surface area contributed by atoms with Crippen molar-refractivity contribution in [1.82, 2.24) is 15.1 Å². The topological polar surface area (TPSA) is 58.6 Å². The molecule has 2 aliphatic rings.